The fourth-order valence-corrected chi connectivity index (χ4v) is 0.815. The Balaban J connectivity index is 3.87. The Morgan fingerprint density at radius 3 is 2.18 bits per heavy atom. The fourth-order valence-electron chi connectivity index (χ4n) is 0.815. The smallest absolute Gasteiger partial charge is 0.0751 e. The number of hydrogen-bond acceptors (Lipinski definition) is 1. The SMILES string of the molecule is [CH2]CC#CCC(O)(CC)CC. The molecule has 0 fully saturated rings. The van der Waals surface area contributed by atoms with Crippen molar-refractivity contribution >= 4 is 0 Å². The van der Waals surface area contributed by atoms with Gasteiger partial charge in [0.2, 0.25) is 0 Å². The lowest BCUT2D eigenvalue weighted by molar-refractivity contribution is 0.0375. The highest BCUT2D eigenvalue weighted by Crippen LogP contribution is 2.17. The topological polar surface area (TPSA) is 20.2 Å². The average Bonchev–Trinajstić information content (AvgIpc) is 2.05. The predicted octanol–water partition coefficient (Wildman–Crippen LogP) is 2.16. The molecule has 0 aliphatic carbocycles. The summed E-state index contributed by atoms with van der Waals surface area (Å²) in [6.45, 7) is 7.56. The molecule has 0 aliphatic heterocycles. The van der Waals surface area contributed by atoms with Crippen LogP contribution < -0.4 is 0 Å². The molecule has 1 radical (unpaired) electrons. The van der Waals surface area contributed by atoms with Gasteiger partial charge in [0.15, 0.2) is 0 Å². The van der Waals surface area contributed by atoms with E-state index in [0.717, 1.165) is 12.8 Å². The number of aliphatic hydroxyl groups is 1. The minimum atomic E-state index is -0.567. The van der Waals surface area contributed by atoms with Crippen molar-refractivity contribution in [2.45, 2.75) is 45.1 Å². The molecule has 0 spiro atoms. The minimum Gasteiger partial charge on any atom is -0.389 e. The molecule has 1 heteroatoms. The minimum absolute atomic E-state index is 0.567. The fraction of sp³-hybridized carbons (Fsp3) is 0.700. The van der Waals surface area contributed by atoms with Crippen LogP contribution in [0.25, 0.3) is 0 Å². The van der Waals surface area contributed by atoms with Crippen LogP contribution in [0.15, 0.2) is 0 Å². The zero-order valence-corrected chi connectivity index (χ0v) is 7.48. The van der Waals surface area contributed by atoms with Crippen molar-refractivity contribution in [1.29, 1.82) is 0 Å². The van der Waals surface area contributed by atoms with Crippen molar-refractivity contribution < 1.29 is 5.11 Å². The molecule has 0 aliphatic rings. The summed E-state index contributed by atoms with van der Waals surface area (Å²) in [5, 5.41) is 9.73. The van der Waals surface area contributed by atoms with E-state index in [0.29, 0.717) is 12.8 Å². The summed E-state index contributed by atoms with van der Waals surface area (Å²) in [6.07, 6.45) is 2.75. The lowest BCUT2D eigenvalue weighted by Crippen LogP contribution is -2.25. The van der Waals surface area contributed by atoms with Crippen LogP contribution in [-0.4, -0.2) is 10.7 Å². The maximum atomic E-state index is 9.73. The van der Waals surface area contributed by atoms with E-state index in [9.17, 15) is 5.11 Å². The summed E-state index contributed by atoms with van der Waals surface area (Å²) in [5.74, 6) is 5.77. The largest absolute Gasteiger partial charge is 0.389 e. The molecule has 1 N–H and O–H groups in total. The Morgan fingerprint density at radius 2 is 1.82 bits per heavy atom. The Morgan fingerprint density at radius 1 is 1.27 bits per heavy atom. The lowest BCUT2D eigenvalue weighted by Gasteiger charge is -2.21. The molecule has 0 heterocycles. The number of hydrogen-bond donors (Lipinski definition) is 1. The van der Waals surface area contributed by atoms with Gasteiger partial charge in [0.05, 0.1) is 5.60 Å². The van der Waals surface area contributed by atoms with Gasteiger partial charge < -0.3 is 5.11 Å². The van der Waals surface area contributed by atoms with Gasteiger partial charge in [0.1, 0.15) is 0 Å². The van der Waals surface area contributed by atoms with Crippen molar-refractivity contribution in [2.75, 3.05) is 0 Å². The molecule has 0 saturated heterocycles. The van der Waals surface area contributed by atoms with Gasteiger partial charge in [-0.1, -0.05) is 13.8 Å². The molecule has 1 nitrogen and oxygen atoms in total. The molecule has 0 aromatic heterocycles. The van der Waals surface area contributed by atoms with E-state index in [1.54, 1.807) is 0 Å². The Hall–Kier alpha value is -0.480. The van der Waals surface area contributed by atoms with Gasteiger partial charge in [-0.2, -0.15) is 0 Å². The molecule has 0 aromatic carbocycles. The Bertz CT molecular complexity index is 146. The summed E-state index contributed by atoms with van der Waals surface area (Å²) in [4.78, 5) is 0. The van der Waals surface area contributed by atoms with Crippen LogP contribution in [0.2, 0.25) is 0 Å². The molecule has 0 amide bonds. The van der Waals surface area contributed by atoms with Crippen molar-refractivity contribution in [3.63, 3.8) is 0 Å². The van der Waals surface area contributed by atoms with Crippen molar-refractivity contribution in [1.82, 2.24) is 0 Å². The van der Waals surface area contributed by atoms with Crippen molar-refractivity contribution in [3.8, 4) is 11.8 Å². The van der Waals surface area contributed by atoms with E-state index < -0.39 is 5.60 Å². The summed E-state index contributed by atoms with van der Waals surface area (Å²) in [6, 6.07) is 0. The van der Waals surface area contributed by atoms with E-state index >= 15 is 0 Å². The summed E-state index contributed by atoms with van der Waals surface area (Å²) >= 11 is 0. The van der Waals surface area contributed by atoms with E-state index in [4.69, 9.17) is 0 Å². The molecular weight excluding hydrogens is 136 g/mol. The molecule has 63 valence electrons. The van der Waals surface area contributed by atoms with E-state index in [1.807, 2.05) is 13.8 Å². The van der Waals surface area contributed by atoms with E-state index in [-0.39, 0.29) is 0 Å². The van der Waals surface area contributed by atoms with Crippen molar-refractivity contribution in [3.05, 3.63) is 6.92 Å². The zero-order valence-electron chi connectivity index (χ0n) is 7.48. The number of rotatable bonds is 3. The molecule has 0 saturated carbocycles. The zero-order chi connectivity index (χ0) is 8.74. The third kappa shape index (κ3) is 4.06. The highest BCUT2D eigenvalue weighted by molar-refractivity contribution is 5.03. The summed E-state index contributed by atoms with van der Waals surface area (Å²) < 4.78 is 0. The van der Waals surface area contributed by atoms with Crippen LogP contribution in [0.3, 0.4) is 0 Å². The first-order chi connectivity index (χ1) is 5.18. The van der Waals surface area contributed by atoms with Crippen LogP contribution in [0, 0.1) is 18.8 Å². The van der Waals surface area contributed by atoms with Gasteiger partial charge in [-0.15, -0.1) is 11.8 Å². The van der Waals surface area contributed by atoms with Crippen LogP contribution in [0.1, 0.15) is 39.5 Å². The lowest BCUT2D eigenvalue weighted by atomic mass is 9.94. The highest BCUT2D eigenvalue weighted by atomic mass is 16.3. The molecule has 0 rings (SSSR count). The first kappa shape index (κ1) is 10.5. The quantitative estimate of drug-likeness (QED) is 0.616. The van der Waals surface area contributed by atoms with Gasteiger partial charge in [-0.05, 0) is 19.8 Å². The van der Waals surface area contributed by atoms with Gasteiger partial charge in [0.25, 0.3) is 0 Å². The molecule has 0 aromatic rings. The Labute approximate surface area is 69.8 Å². The first-order valence-electron chi connectivity index (χ1n) is 4.16. The van der Waals surface area contributed by atoms with Crippen LogP contribution in [-0.2, 0) is 0 Å². The maximum absolute atomic E-state index is 9.73. The average molecular weight is 153 g/mol. The second-order valence-corrected chi connectivity index (χ2v) is 2.71. The monoisotopic (exact) mass is 153 g/mol. The molecule has 0 unspecified atom stereocenters. The van der Waals surface area contributed by atoms with Gasteiger partial charge >= 0.3 is 0 Å². The summed E-state index contributed by atoms with van der Waals surface area (Å²) in [7, 11) is 0. The van der Waals surface area contributed by atoms with Gasteiger partial charge in [-0.25, -0.2) is 0 Å². The Kier molecular flexibility index (Phi) is 4.98. The normalized spacial score (nSPS) is 10.5. The molecule has 11 heavy (non-hydrogen) atoms. The molecular formula is C10H17O. The highest BCUT2D eigenvalue weighted by Gasteiger charge is 2.19. The third-order valence-corrected chi connectivity index (χ3v) is 1.98. The van der Waals surface area contributed by atoms with Crippen molar-refractivity contribution in [2.24, 2.45) is 0 Å². The summed E-state index contributed by atoms with van der Waals surface area (Å²) in [5.41, 5.74) is -0.567. The second kappa shape index (κ2) is 5.21. The first-order valence-corrected chi connectivity index (χ1v) is 4.16. The second-order valence-electron chi connectivity index (χ2n) is 2.71. The third-order valence-electron chi connectivity index (χ3n) is 1.98. The van der Waals surface area contributed by atoms with Crippen LogP contribution in [0.5, 0.6) is 0 Å². The van der Waals surface area contributed by atoms with E-state index in [2.05, 4.69) is 18.8 Å². The van der Waals surface area contributed by atoms with Crippen LogP contribution in [0.4, 0.5) is 0 Å². The maximum Gasteiger partial charge on any atom is 0.0751 e. The molecule has 0 bridgehead atoms. The van der Waals surface area contributed by atoms with Gasteiger partial charge in [-0.3, -0.25) is 0 Å². The standard InChI is InChI=1S/C10H17O/c1-4-7-8-9-10(11,5-2)6-3/h11H,1,4-6,9H2,2-3H3. The van der Waals surface area contributed by atoms with Gasteiger partial charge in [0, 0.05) is 12.8 Å². The predicted molar refractivity (Wildman–Crippen MR) is 47.9 cm³/mol. The van der Waals surface area contributed by atoms with Crippen LogP contribution >= 0.6 is 0 Å². The van der Waals surface area contributed by atoms with E-state index in [1.165, 1.54) is 0 Å². The molecule has 0 atom stereocenters.